The topological polar surface area (TPSA) is 64.6 Å². The van der Waals surface area contributed by atoms with Crippen molar-refractivity contribution in [2.45, 2.75) is 65.0 Å². The number of hydrogen-bond donors (Lipinski definition) is 1. The van der Waals surface area contributed by atoms with Crippen LogP contribution in [0.15, 0.2) is 60.7 Å². The van der Waals surface area contributed by atoms with Gasteiger partial charge in [-0.15, -0.1) is 0 Å². The quantitative estimate of drug-likeness (QED) is 0.298. The van der Waals surface area contributed by atoms with E-state index in [-0.39, 0.29) is 11.9 Å². The summed E-state index contributed by atoms with van der Waals surface area (Å²) in [5, 5.41) is 3.94. The highest BCUT2D eigenvalue weighted by Gasteiger charge is 2.47. The van der Waals surface area contributed by atoms with Crippen LogP contribution in [0.5, 0.6) is 0 Å². The van der Waals surface area contributed by atoms with Crippen molar-refractivity contribution in [3.05, 3.63) is 71.8 Å². The van der Waals surface area contributed by atoms with Gasteiger partial charge < -0.3 is 14.8 Å². The number of hydrogen-bond acceptors (Lipinski definition) is 4. The lowest BCUT2D eigenvalue weighted by Gasteiger charge is -2.42. The van der Waals surface area contributed by atoms with E-state index >= 15 is 0 Å². The van der Waals surface area contributed by atoms with Crippen molar-refractivity contribution in [1.82, 2.24) is 5.32 Å². The van der Waals surface area contributed by atoms with E-state index in [1.807, 2.05) is 81.4 Å². The van der Waals surface area contributed by atoms with Crippen molar-refractivity contribution in [2.75, 3.05) is 19.5 Å². The maximum absolute atomic E-state index is 13.3. The summed E-state index contributed by atoms with van der Waals surface area (Å²) >= 11 is 3.45. The molecule has 2 aromatic carbocycles. The first-order chi connectivity index (χ1) is 16.0. The zero-order chi connectivity index (χ0) is 25.8. The second-order valence-electron chi connectivity index (χ2n) is 9.60. The molecule has 1 amide bonds. The summed E-state index contributed by atoms with van der Waals surface area (Å²) in [5.41, 5.74) is -0.0926. The molecular formula is C28H40BrNO4. The highest BCUT2D eigenvalue weighted by Crippen LogP contribution is 2.35. The predicted molar refractivity (Wildman–Crippen MR) is 142 cm³/mol. The molecule has 0 radical (unpaired) electrons. The lowest BCUT2D eigenvalue weighted by atomic mass is 9.72. The van der Waals surface area contributed by atoms with Gasteiger partial charge in [0.25, 0.3) is 0 Å². The summed E-state index contributed by atoms with van der Waals surface area (Å²) in [7, 11) is 3.07. The molecule has 34 heavy (non-hydrogen) atoms. The van der Waals surface area contributed by atoms with Crippen molar-refractivity contribution in [3.63, 3.8) is 0 Å². The van der Waals surface area contributed by atoms with Crippen LogP contribution in [0.2, 0.25) is 0 Å². The fourth-order valence-corrected chi connectivity index (χ4v) is 3.72. The zero-order valence-corrected chi connectivity index (χ0v) is 23.2. The molecule has 1 N–H and O–H groups in total. The van der Waals surface area contributed by atoms with Gasteiger partial charge in [0, 0.05) is 18.0 Å². The minimum absolute atomic E-state index is 0.0818. The van der Waals surface area contributed by atoms with E-state index in [9.17, 15) is 9.59 Å². The van der Waals surface area contributed by atoms with Crippen LogP contribution >= 0.6 is 15.9 Å². The molecule has 2 aromatic rings. The summed E-state index contributed by atoms with van der Waals surface area (Å²) in [4.78, 5) is 25.4. The largest absolute Gasteiger partial charge is 0.469 e. The second kappa shape index (κ2) is 13.6. The lowest BCUT2D eigenvalue weighted by Crippen LogP contribution is -2.60. The molecule has 0 saturated carbocycles. The van der Waals surface area contributed by atoms with Gasteiger partial charge in [0.2, 0.25) is 5.91 Å². The Morgan fingerprint density at radius 1 is 0.882 bits per heavy atom. The normalized spacial score (nSPS) is 13.2. The van der Waals surface area contributed by atoms with Gasteiger partial charge in [0.15, 0.2) is 0 Å². The first kappa shape index (κ1) is 29.9. The number of carbonyl (C=O) groups is 2. The molecule has 188 valence electrons. The maximum atomic E-state index is 13.3. The molecule has 0 aliphatic rings. The van der Waals surface area contributed by atoms with Crippen LogP contribution in [0.25, 0.3) is 0 Å². The van der Waals surface area contributed by atoms with E-state index < -0.39 is 16.4 Å². The van der Waals surface area contributed by atoms with Gasteiger partial charge in [0.05, 0.1) is 24.5 Å². The number of ether oxygens (including phenoxy) is 2. The van der Waals surface area contributed by atoms with Gasteiger partial charge in [-0.25, -0.2) is 0 Å². The molecule has 0 spiro atoms. The third kappa shape index (κ3) is 7.95. The van der Waals surface area contributed by atoms with Crippen molar-refractivity contribution >= 4 is 27.8 Å². The molecule has 6 heteroatoms. The Morgan fingerprint density at radius 3 is 1.88 bits per heavy atom. The minimum Gasteiger partial charge on any atom is -0.469 e. The van der Waals surface area contributed by atoms with Crippen LogP contribution in [-0.2, 0) is 31.1 Å². The Morgan fingerprint density at radius 2 is 1.41 bits per heavy atom. The number of nitrogens with one attached hydrogen (secondary N) is 1. The van der Waals surface area contributed by atoms with Crippen LogP contribution in [-0.4, -0.2) is 37.0 Å². The maximum Gasteiger partial charge on any atom is 0.313 e. The minimum atomic E-state index is -0.857. The smallest absolute Gasteiger partial charge is 0.313 e. The van der Waals surface area contributed by atoms with E-state index in [1.165, 1.54) is 12.7 Å². The zero-order valence-electron chi connectivity index (χ0n) is 21.6. The van der Waals surface area contributed by atoms with Crippen LogP contribution < -0.4 is 5.32 Å². The highest BCUT2D eigenvalue weighted by molar-refractivity contribution is 9.09. The Bertz CT molecular complexity index is 884. The molecule has 0 aliphatic carbocycles. The van der Waals surface area contributed by atoms with E-state index in [1.54, 1.807) is 21.0 Å². The van der Waals surface area contributed by atoms with Gasteiger partial charge in [-0.1, -0.05) is 76.6 Å². The Hall–Kier alpha value is -2.18. The third-order valence-electron chi connectivity index (χ3n) is 6.56. The number of rotatable bonds is 10. The molecule has 0 heterocycles. The fourth-order valence-electron chi connectivity index (χ4n) is 3.44. The van der Waals surface area contributed by atoms with Crippen LogP contribution in [0.4, 0.5) is 0 Å². The number of carbonyl (C=O) groups excluding carboxylic acids is 2. The van der Waals surface area contributed by atoms with E-state index in [0.29, 0.717) is 13.0 Å². The SMILES string of the molecule is COC(=O)C(C)(C)C(C)(C)NC(=O)C(C)(CCCBr)c1ccccc1.COCc1ccccc1. The Kier molecular flexibility index (Phi) is 12.0. The predicted octanol–water partition coefficient (Wildman–Crippen LogP) is 6.05. The van der Waals surface area contributed by atoms with Gasteiger partial charge >= 0.3 is 5.97 Å². The molecule has 2 rings (SSSR count). The molecule has 0 aromatic heterocycles. The van der Waals surface area contributed by atoms with Crippen molar-refractivity contribution in [2.24, 2.45) is 5.41 Å². The Labute approximate surface area is 213 Å². The lowest BCUT2D eigenvalue weighted by molar-refractivity contribution is -0.156. The fraction of sp³-hybridized carbons (Fsp3) is 0.500. The van der Waals surface area contributed by atoms with Crippen molar-refractivity contribution in [1.29, 1.82) is 0 Å². The number of esters is 1. The first-order valence-corrected chi connectivity index (χ1v) is 12.6. The van der Waals surface area contributed by atoms with Gasteiger partial charge in [0.1, 0.15) is 0 Å². The third-order valence-corrected chi connectivity index (χ3v) is 7.12. The average Bonchev–Trinajstić information content (AvgIpc) is 2.83. The van der Waals surface area contributed by atoms with Crippen LogP contribution in [0, 0.1) is 5.41 Å². The first-order valence-electron chi connectivity index (χ1n) is 11.5. The molecule has 5 nitrogen and oxygen atoms in total. The summed E-state index contributed by atoms with van der Waals surface area (Å²) < 4.78 is 9.85. The number of halogens is 1. The van der Waals surface area contributed by atoms with Gasteiger partial charge in [-0.3, -0.25) is 9.59 Å². The Balaban J connectivity index is 0.000000533. The van der Waals surface area contributed by atoms with Crippen LogP contribution in [0.3, 0.4) is 0 Å². The standard InChI is InChI=1S/C20H30BrNO3.C8H10O/c1-18(2,17(24)25-6)19(3,4)22-16(23)20(5,13-10-14-21)15-11-8-7-9-12-15;1-9-7-8-5-3-2-4-6-8/h7-9,11-12H,10,13-14H2,1-6H3,(H,22,23);2-6H,7H2,1H3. The molecule has 1 atom stereocenters. The van der Waals surface area contributed by atoms with Crippen LogP contribution in [0.1, 0.15) is 58.6 Å². The molecule has 1 unspecified atom stereocenters. The molecule has 0 aliphatic heterocycles. The average molecular weight is 535 g/mol. The second-order valence-corrected chi connectivity index (χ2v) is 10.4. The number of methoxy groups -OCH3 is 2. The number of amides is 1. The van der Waals surface area contributed by atoms with E-state index in [0.717, 1.165) is 17.3 Å². The van der Waals surface area contributed by atoms with Crippen molar-refractivity contribution in [3.8, 4) is 0 Å². The van der Waals surface area contributed by atoms with E-state index in [4.69, 9.17) is 9.47 Å². The number of alkyl halides is 1. The van der Waals surface area contributed by atoms with Gasteiger partial charge in [-0.2, -0.15) is 0 Å². The highest BCUT2D eigenvalue weighted by atomic mass is 79.9. The summed E-state index contributed by atoms with van der Waals surface area (Å²) in [6.07, 6.45) is 1.59. The van der Waals surface area contributed by atoms with Gasteiger partial charge in [-0.05, 0) is 58.6 Å². The molecule has 0 bridgehead atoms. The van der Waals surface area contributed by atoms with Crippen molar-refractivity contribution < 1.29 is 19.1 Å². The molecule has 0 saturated heterocycles. The monoisotopic (exact) mass is 533 g/mol. The number of benzene rings is 2. The molecular weight excluding hydrogens is 494 g/mol. The summed E-state index contributed by atoms with van der Waals surface area (Å²) in [6.45, 7) is 9.97. The molecule has 0 fully saturated rings. The summed E-state index contributed by atoms with van der Waals surface area (Å²) in [6, 6.07) is 19.9. The summed E-state index contributed by atoms with van der Waals surface area (Å²) in [5.74, 6) is -0.429. The van der Waals surface area contributed by atoms with E-state index in [2.05, 4.69) is 21.2 Å².